The standard InChI is InChI=1S/C9H8IN/c1-6-7-4-2-3-5-8(7)11-9(6)10/h2-5,7H,1H3. The Kier molecular flexibility index (Phi) is 1.71. The van der Waals surface area contributed by atoms with Gasteiger partial charge in [0.25, 0.3) is 0 Å². The second kappa shape index (κ2) is 2.59. The maximum Gasteiger partial charge on any atom is 0.101 e. The molecule has 0 bridgehead atoms. The van der Waals surface area contributed by atoms with Crippen molar-refractivity contribution >= 4 is 28.3 Å². The van der Waals surface area contributed by atoms with Crippen LogP contribution in [0.15, 0.2) is 38.6 Å². The molecule has 0 radical (unpaired) electrons. The van der Waals surface area contributed by atoms with Crippen LogP contribution in [0.4, 0.5) is 0 Å². The summed E-state index contributed by atoms with van der Waals surface area (Å²) in [7, 11) is 0. The van der Waals surface area contributed by atoms with Crippen molar-refractivity contribution in [2.24, 2.45) is 10.9 Å². The molecule has 0 aromatic heterocycles. The van der Waals surface area contributed by atoms with E-state index in [0.29, 0.717) is 5.92 Å². The molecule has 1 aliphatic heterocycles. The highest BCUT2D eigenvalue weighted by Crippen LogP contribution is 2.32. The van der Waals surface area contributed by atoms with Gasteiger partial charge in [-0.3, -0.25) is 0 Å². The molecule has 1 nitrogen and oxygen atoms in total. The van der Waals surface area contributed by atoms with Crippen LogP contribution in [0.1, 0.15) is 6.92 Å². The van der Waals surface area contributed by atoms with Crippen LogP contribution in [-0.2, 0) is 0 Å². The summed E-state index contributed by atoms with van der Waals surface area (Å²) in [5.74, 6) is 0.465. The highest BCUT2D eigenvalue weighted by atomic mass is 127. The summed E-state index contributed by atoms with van der Waals surface area (Å²) in [5, 5.41) is 0. The topological polar surface area (TPSA) is 12.4 Å². The summed E-state index contributed by atoms with van der Waals surface area (Å²) in [6, 6.07) is 0. The lowest BCUT2D eigenvalue weighted by Crippen LogP contribution is -2.08. The second-order valence-corrected chi connectivity index (χ2v) is 3.75. The zero-order valence-electron chi connectivity index (χ0n) is 6.21. The zero-order chi connectivity index (χ0) is 7.84. The van der Waals surface area contributed by atoms with Gasteiger partial charge in [0.05, 0.1) is 5.71 Å². The van der Waals surface area contributed by atoms with Gasteiger partial charge in [0.15, 0.2) is 0 Å². The molecule has 0 aromatic rings. The molecular weight excluding hydrogens is 249 g/mol. The molecule has 0 aromatic carbocycles. The normalized spacial score (nSPS) is 27.5. The van der Waals surface area contributed by atoms with Crippen LogP contribution in [0, 0.1) is 5.92 Å². The van der Waals surface area contributed by atoms with E-state index < -0.39 is 0 Å². The van der Waals surface area contributed by atoms with Gasteiger partial charge in [-0.15, -0.1) is 0 Å². The van der Waals surface area contributed by atoms with Crippen molar-refractivity contribution < 1.29 is 0 Å². The fraction of sp³-hybridized carbons (Fsp3) is 0.222. The summed E-state index contributed by atoms with van der Waals surface area (Å²) in [4.78, 5) is 4.44. The highest BCUT2D eigenvalue weighted by molar-refractivity contribution is 14.1. The van der Waals surface area contributed by atoms with Gasteiger partial charge >= 0.3 is 0 Å². The molecule has 2 rings (SSSR count). The summed E-state index contributed by atoms with van der Waals surface area (Å²) in [5.41, 5.74) is 2.57. The summed E-state index contributed by atoms with van der Waals surface area (Å²) < 4.78 is 1.15. The average Bonchev–Trinajstić information content (AvgIpc) is 2.30. The van der Waals surface area contributed by atoms with Gasteiger partial charge in [-0.05, 0) is 41.2 Å². The van der Waals surface area contributed by atoms with Gasteiger partial charge in [-0.1, -0.05) is 18.2 Å². The molecule has 0 fully saturated rings. The van der Waals surface area contributed by atoms with Crippen LogP contribution in [0.25, 0.3) is 0 Å². The minimum Gasteiger partial charge on any atom is -0.246 e. The first-order valence-electron chi connectivity index (χ1n) is 3.59. The highest BCUT2D eigenvalue weighted by Gasteiger charge is 2.22. The molecule has 1 unspecified atom stereocenters. The largest absolute Gasteiger partial charge is 0.246 e. The molecule has 0 spiro atoms. The first-order valence-corrected chi connectivity index (χ1v) is 4.66. The maximum absolute atomic E-state index is 4.44. The van der Waals surface area contributed by atoms with E-state index in [0.717, 1.165) is 3.70 Å². The van der Waals surface area contributed by atoms with E-state index in [2.05, 4.69) is 52.7 Å². The predicted molar refractivity (Wildman–Crippen MR) is 55.9 cm³/mol. The van der Waals surface area contributed by atoms with Gasteiger partial charge in [0.1, 0.15) is 3.70 Å². The molecule has 2 heteroatoms. The number of fused-ring (bicyclic) bond motifs is 1. The van der Waals surface area contributed by atoms with Gasteiger partial charge in [-0.25, -0.2) is 4.99 Å². The third-order valence-electron chi connectivity index (χ3n) is 2.02. The molecule has 2 aliphatic rings. The molecule has 1 atom stereocenters. The van der Waals surface area contributed by atoms with Gasteiger partial charge in [0, 0.05) is 5.92 Å². The second-order valence-electron chi connectivity index (χ2n) is 2.73. The van der Waals surface area contributed by atoms with E-state index in [1.54, 1.807) is 0 Å². The molecule has 1 aliphatic carbocycles. The Balaban J connectivity index is 2.44. The number of allylic oxidation sites excluding steroid dienone is 5. The van der Waals surface area contributed by atoms with Crippen molar-refractivity contribution in [2.45, 2.75) is 6.92 Å². The Labute approximate surface area is 79.7 Å². The Morgan fingerprint density at radius 1 is 1.45 bits per heavy atom. The van der Waals surface area contributed by atoms with Crippen molar-refractivity contribution in [1.29, 1.82) is 0 Å². The Hall–Kier alpha value is -0.380. The third kappa shape index (κ3) is 1.09. The summed E-state index contributed by atoms with van der Waals surface area (Å²) in [6.07, 6.45) is 8.40. The van der Waals surface area contributed by atoms with Crippen LogP contribution in [0.2, 0.25) is 0 Å². The average molecular weight is 257 g/mol. The van der Waals surface area contributed by atoms with Crippen LogP contribution in [0.5, 0.6) is 0 Å². The smallest absolute Gasteiger partial charge is 0.101 e. The number of hydrogen-bond acceptors (Lipinski definition) is 1. The van der Waals surface area contributed by atoms with Crippen molar-refractivity contribution in [3.8, 4) is 0 Å². The fourth-order valence-electron chi connectivity index (χ4n) is 1.33. The van der Waals surface area contributed by atoms with E-state index in [9.17, 15) is 0 Å². The van der Waals surface area contributed by atoms with Crippen LogP contribution >= 0.6 is 22.6 Å². The molecule has 0 amide bonds. The quantitative estimate of drug-likeness (QED) is 0.467. The van der Waals surface area contributed by atoms with Crippen molar-refractivity contribution in [3.63, 3.8) is 0 Å². The van der Waals surface area contributed by atoms with Crippen molar-refractivity contribution in [3.05, 3.63) is 33.6 Å². The maximum atomic E-state index is 4.44. The van der Waals surface area contributed by atoms with Gasteiger partial charge in [0.2, 0.25) is 0 Å². The molecule has 0 saturated heterocycles. The Morgan fingerprint density at radius 2 is 2.27 bits per heavy atom. The van der Waals surface area contributed by atoms with Crippen molar-refractivity contribution in [2.75, 3.05) is 0 Å². The zero-order valence-corrected chi connectivity index (χ0v) is 8.37. The fourth-order valence-corrected chi connectivity index (χ4v) is 1.95. The molecule has 0 saturated carbocycles. The lowest BCUT2D eigenvalue weighted by Gasteiger charge is -2.09. The van der Waals surface area contributed by atoms with E-state index in [4.69, 9.17) is 0 Å². The number of hydrogen-bond donors (Lipinski definition) is 0. The Morgan fingerprint density at radius 3 is 3.00 bits per heavy atom. The minimum atomic E-state index is 0.465. The van der Waals surface area contributed by atoms with Gasteiger partial charge < -0.3 is 0 Å². The van der Waals surface area contributed by atoms with Crippen LogP contribution in [0.3, 0.4) is 0 Å². The molecule has 0 N–H and O–H groups in total. The van der Waals surface area contributed by atoms with E-state index in [1.165, 1.54) is 11.3 Å². The van der Waals surface area contributed by atoms with E-state index in [-0.39, 0.29) is 0 Å². The molecule has 1 heterocycles. The lowest BCUT2D eigenvalue weighted by atomic mass is 9.94. The minimum absolute atomic E-state index is 0.465. The van der Waals surface area contributed by atoms with E-state index >= 15 is 0 Å². The molecule has 56 valence electrons. The lowest BCUT2D eigenvalue weighted by molar-refractivity contribution is 1.05. The van der Waals surface area contributed by atoms with Crippen molar-refractivity contribution in [1.82, 2.24) is 0 Å². The number of rotatable bonds is 0. The summed E-state index contributed by atoms with van der Waals surface area (Å²) >= 11 is 2.29. The monoisotopic (exact) mass is 257 g/mol. The SMILES string of the molecule is CC1=C(I)N=C2C=CC=CC21. The molecular formula is C9H8IN. The Bertz CT molecular complexity index is 308. The van der Waals surface area contributed by atoms with Crippen LogP contribution < -0.4 is 0 Å². The number of nitrogens with zero attached hydrogens (tertiary/aromatic N) is 1. The molecule has 11 heavy (non-hydrogen) atoms. The first-order chi connectivity index (χ1) is 5.29. The van der Waals surface area contributed by atoms with E-state index in [1.807, 2.05) is 6.08 Å². The number of aliphatic imine (C=N–C) groups is 1. The third-order valence-corrected chi connectivity index (χ3v) is 3.11. The van der Waals surface area contributed by atoms with Gasteiger partial charge in [-0.2, -0.15) is 0 Å². The van der Waals surface area contributed by atoms with Crippen LogP contribution in [-0.4, -0.2) is 5.71 Å². The summed E-state index contributed by atoms with van der Waals surface area (Å²) in [6.45, 7) is 2.15. The number of halogens is 1. The first kappa shape index (κ1) is 7.28. The predicted octanol–water partition coefficient (Wildman–Crippen LogP) is 2.85.